The first kappa shape index (κ1) is 23.4. The van der Waals surface area contributed by atoms with E-state index >= 15 is 0 Å². The second kappa shape index (κ2) is 11.3. The zero-order valence-corrected chi connectivity index (χ0v) is 18.3. The smallest absolute Gasteiger partial charge is 0.356 e. The summed E-state index contributed by atoms with van der Waals surface area (Å²) in [6, 6.07) is 0. The molecular formula is C16H27F3IN5S. The number of nitrogens with one attached hydrogen (secondary N) is 2. The van der Waals surface area contributed by atoms with Gasteiger partial charge in [0.25, 0.3) is 0 Å². The molecule has 0 radical (unpaired) electrons. The molecule has 1 saturated heterocycles. The van der Waals surface area contributed by atoms with Crippen LogP contribution in [0.1, 0.15) is 30.5 Å². The van der Waals surface area contributed by atoms with Crippen LogP contribution in [0.2, 0.25) is 0 Å². The Morgan fingerprint density at radius 1 is 1.31 bits per heavy atom. The van der Waals surface area contributed by atoms with Crippen LogP contribution >= 0.6 is 35.3 Å². The second-order valence-electron chi connectivity index (χ2n) is 6.32. The van der Waals surface area contributed by atoms with Crippen molar-refractivity contribution in [2.45, 2.75) is 32.4 Å². The number of halogens is 4. The number of aliphatic imine (C=N–C) groups is 1. The molecule has 0 spiro atoms. The molecule has 1 fully saturated rings. The molecule has 26 heavy (non-hydrogen) atoms. The predicted molar refractivity (Wildman–Crippen MR) is 110 cm³/mol. The maximum atomic E-state index is 12.5. The maximum absolute atomic E-state index is 12.5. The van der Waals surface area contributed by atoms with E-state index in [0.29, 0.717) is 23.9 Å². The minimum atomic E-state index is -4.37. The number of thiazole rings is 1. The molecule has 0 atom stereocenters. The van der Waals surface area contributed by atoms with E-state index in [1.807, 2.05) is 0 Å². The normalized spacial score (nSPS) is 17.0. The first-order valence-electron chi connectivity index (χ1n) is 8.57. The summed E-state index contributed by atoms with van der Waals surface area (Å²) in [7, 11) is 1.68. The van der Waals surface area contributed by atoms with Gasteiger partial charge in [-0.2, -0.15) is 13.2 Å². The molecular weight excluding hydrogens is 478 g/mol. The van der Waals surface area contributed by atoms with Crippen molar-refractivity contribution >= 4 is 41.3 Å². The minimum absolute atomic E-state index is 0. The van der Waals surface area contributed by atoms with Crippen molar-refractivity contribution in [2.75, 3.05) is 39.8 Å². The molecule has 0 aromatic carbocycles. The summed E-state index contributed by atoms with van der Waals surface area (Å²) in [6.45, 7) is 6.83. The molecule has 150 valence electrons. The highest BCUT2D eigenvalue weighted by atomic mass is 127. The number of aromatic nitrogens is 1. The summed E-state index contributed by atoms with van der Waals surface area (Å²) in [5, 5.41) is 7.89. The van der Waals surface area contributed by atoms with Gasteiger partial charge in [-0.25, -0.2) is 4.98 Å². The molecule has 2 rings (SSSR count). The molecule has 0 unspecified atom stereocenters. The van der Waals surface area contributed by atoms with Gasteiger partial charge in [0.1, 0.15) is 0 Å². The van der Waals surface area contributed by atoms with Crippen LogP contribution < -0.4 is 10.6 Å². The molecule has 5 nitrogen and oxygen atoms in total. The van der Waals surface area contributed by atoms with Crippen molar-refractivity contribution in [3.8, 4) is 0 Å². The number of guanidine groups is 1. The lowest BCUT2D eigenvalue weighted by Gasteiger charge is -2.30. The fourth-order valence-electron chi connectivity index (χ4n) is 2.68. The quantitative estimate of drug-likeness (QED) is 0.354. The zero-order chi connectivity index (χ0) is 18.3. The van der Waals surface area contributed by atoms with E-state index in [0.717, 1.165) is 48.8 Å². The van der Waals surface area contributed by atoms with E-state index < -0.39 is 11.9 Å². The summed E-state index contributed by atoms with van der Waals surface area (Å²) in [4.78, 5) is 10.2. The van der Waals surface area contributed by atoms with Crippen LogP contribution in [0.15, 0.2) is 10.4 Å². The topological polar surface area (TPSA) is 52.6 Å². The Kier molecular flexibility index (Phi) is 10.2. The molecule has 2 N–H and O–H groups in total. The molecule has 1 aromatic rings. The van der Waals surface area contributed by atoms with Gasteiger partial charge >= 0.3 is 6.18 Å². The molecule has 2 heterocycles. The monoisotopic (exact) mass is 505 g/mol. The van der Waals surface area contributed by atoms with Gasteiger partial charge in [0.2, 0.25) is 0 Å². The predicted octanol–water partition coefficient (Wildman–Crippen LogP) is 3.22. The van der Waals surface area contributed by atoms with Crippen molar-refractivity contribution in [1.29, 1.82) is 0 Å². The average molecular weight is 505 g/mol. The number of nitrogens with zero attached hydrogens (tertiary/aromatic N) is 3. The summed E-state index contributed by atoms with van der Waals surface area (Å²) < 4.78 is 37.5. The molecule has 0 bridgehead atoms. The van der Waals surface area contributed by atoms with Crippen LogP contribution in [0.5, 0.6) is 0 Å². The first-order chi connectivity index (χ1) is 11.9. The maximum Gasteiger partial charge on any atom is 0.434 e. The number of hydrogen-bond donors (Lipinski definition) is 2. The van der Waals surface area contributed by atoms with Crippen molar-refractivity contribution in [3.05, 3.63) is 16.1 Å². The molecule has 1 aliphatic rings. The molecule has 1 aliphatic heterocycles. The Labute approximate surface area is 173 Å². The van der Waals surface area contributed by atoms with E-state index in [9.17, 15) is 13.2 Å². The number of rotatable bonds is 6. The van der Waals surface area contributed by atoms with E-state index in [1.165, 1.54) is 12.8 Å². The third-order valence-electron chi connectivity index (χ3n) is 4.29. The van der Waals surface area contributed by atoms with Crippen LogP contribution in [0.3, 0.4) is 0 Å². The Hall–Kier alpha value is -0.620. The number of hydrogen-bond acceptors (Lipinski definition) is 4. The highest BCUT2D eigenvalue weighted by molar-refractivity contribution is 14.0. The molecule has 0 saturated carbocycles. The van der Waals surface area contributed by atoms with Crippen molar-refractivity contribution in [3.63, 3.8) is 0 Å². The number of likely N-dealkylation sites (tertiary alicyclic amines) is 1. The summed E-state index contributed by atoms with van der Waals surface area (Å²) in [5.74, 6) is 1.49. The summed E-state index contributed by atoms with van der Waals surface area (Å²) in [6.07, 6.45) is -1.43. The SMILES string of the molecule is CN=C(NCCc1nc(C(F)(F)F)cs1)NCCN1CCC(C)CC1.I. The highest BCUT2D eigenvalue weighted by Gasteiger charge is 2.33. The van der Waals surface area contributed by atoms with Gasteiger partial charge in [0.15, 0.2) is 11.7 Å². The Balaban J connectivity index is 0.00000338. The van der Waals surface area contributed by atoms with Gasteiger partial charge in [0.05, 0.1) is 5.01 Å². The molecule has 0 aliphatic carbocycles. The lowest BCUT2D eigenvalue weighted by molar-refractivity contribution is -0.140. The van der Waals surface area contributed by atoms with Gasteiger partial charge in [-0.1, -0.05) is 6.92 Å². The Morgan fingerprint density at radius 3 is 2.54 bits per heavy atom. The van der Waals surface area contributed by atoms with Crippen molar-refractivity contribution in [1.82, 2.24) is 20.5 Å². The Bertz CT molecular complexity index is 556. The van der Waals surface area contributed by atoms with E-state index in [1.54, 1.807) is 7.05 Å². The fraction of sp³-hybridized carbons (Fsp3) is 0.750. The lowest BCUT2D eigenvalue weighted by atomic mass is 9.99. The fourth-order valence-corrected chi connectivity index (χ4v) is 3.49. The van der Waals surface area contributed by atoms with Crippen LogP contribution in [-0.2, 0) is 12.6 Å². The second-order valence-corrected chi connectivity index (χ2v) is 7.27. The summed E-state index contributed by atoms with van der Waals surface area (Å²) in [5.41, 5.74) is -0.814. The van der Waals surface area contributed by atoms with E-state index in [-0.39, 0.29) is 24.0 Å². The van der Waals surface area contributed by atoms with Gasteiger partial charge < -0.3 is 15.5 Å². The van der Waals surface area contributed by atoms with Crippen molar-refractivity contribution in [2.24, 2.45) is 10.9 Å². The lowest BCUT2D eigenvalue weighted by Crippen LogP contribution is -2.43. The standard InChI is InChI=1S/C16H26F3N5S.HI/c1-12-4-8-24(9-5-12)10-7-22-15(20-2)21-6-3-14-23-13(11-25-14)16(17,18)19;/h11-12H,3-10H2,1-2H3,(H2,20,21,22);1H. The highest BCUT2D eigenvalue weighted by Crippen LogP contribution is 2.29. The summed E-state index contributed by atoms with van der Waals surface area (Å²) >= 11 is 1.03. The van der Waals surface area contributed by atoms with E-state index in [4.69, 9.17) is 0 Å². The third-order valence-corrected chi connectivity index (χ3v) is 5.20. The molecule has 10 heteroatoms. The van der Waals surface area contributed by atoms with Gasteiger partial charge in [-0.3, -0.25) is 4.99 Å². The molecule has 0 amide bonds. The van der Waals surface area contributed by atoms with Crippen LogP contribution in [0, 0.1) is 5.92 Å². The Morgan fingerprint density at radius 2 is 1.96 bits per heavy atom. The average Bonchev–Trinajstić information content (AvgIpc) is 3.04. The van der Waals surface area contributed by atoms with Crippen LogP contribution in [-0.4, -0.2) is 55.6 Å². The van der Waals surface area contributed by atoms with Gasteiger partial charge in [-0.15, -0.1) is 35.3 Å². The largest absolute Gasteiger partial charge is 0.434 e. The van der Waals surface area contributed by atoms with Gasteiger partial charge in [0, 0.05) is 38.5 Å². The van der Waals surface area contributed by atoms with Gasteiger partial charge in [-0.05, 0) is 31.8 Å². The zero-order valence-electron chi connectivity index (χ0n) is 15.1. The first-order valence-corrected chi connectivity index (χ1v) is 9.45. The van der Waals surface area contributed by atoms with Crippen LogP contribution in [0.25, 0.3) is 0 Å². The number of alkyl halides is 3. The van der Waals surface area contributed by atoms with Crippen molar-refractivity contribution < 1.29 is 13.2 Å². The third kappa shape index (κ3) is 7.95. The molecule has 1 aromatic heterocycles. The van der Waals surface area contributed by atoms with Crippen LogP contribution in [0.4, 0.5) is 13.2 Å². The van der Waals surface area contributed by atoms with E-state index in [2.05, 4.69) is 32.4 Å². The minimum Gasteiger partial charge on any atom is -0.356 e. The number of piperidine rings is 1.